The monoisotopic (exact) mass is 170 g/mol. The molecule has 12 heavy (non-hydrogen) atoms. The van der Waals surface area contributed by atoms with Gasteiger partial charge in [-0.05, 0) is 31.1 Å². The molecule has 0 aromatic carbocycles. The van der Waals surface area contributed by atoms with Crippen LogP contribution in [-0.4, -0.2) is 13.2 Å². The average molecular weight is 170 g/mol. The first-order valence-electron chi connectivity index (χ1n) is 5.26. The molecule has 0 bridgehead atoms. The molecular formula is C11H22O. The van der Waals surface area contributed by atoms with Crippen LogP contribution in [0.4, 0.5) is 0 Å². The third-order valence-electron chi connectivity index (χ3n) is 3.01. The summed E-state index contributed by atoms with van der Waals surface area (Å²) < 4.78 is 5.46. The summed E-state index contributed by atoms with van der Waals surface area (Å²) in [4.78, 5) is 0. The predicted molar refractivity (Wildman–Crippen MR) is 52.2 cm³/mol. The van der Waals surface area contributed by atoms with Gasteiger partial charge in [0.25, 0.3) is 0 Å². The van der Waals surface area contributed by atoms with Crippen LogP contribution in [0.15, 0.2) is 0 Å². The molecule has 1 aliphatic rings. The molecule has 2 unspecified atom stereocenters. The minimum Gasteiger partial charge on any atom is -0.381 e. The first-order valence-corrected chi connectivity index (χ1v) is 5.26. The van der Waals surface area contributed by atoms with E-state index < -0.39 is 0 Å². The van der Waals surface area contributed by atoms with Crippen LogP contribution in [0, 0.1) is 11.8 Å². The van der Waals surface area contributed by atoms with Crippen molar-refractivity contribution in [3.8, 4) is 0 Å². The molecule has 0 aliphatic heterocycles. The summed E-state index contributed by atoms with van der Waals surface area (Å²) in [6.07, 6.45) is 7.37. The molecule has 0 aromatic heterocycles. The fourth-order valence-electron chi connectivity index (χ4n) is 2.19. The van der Waals surface area contributed by atoms with Gasteiger partial charge in [0.2, 0.25) is 0 Å². The fraction of sp³-hybridized carbons (Fsp3) is 1.00. The standard InChI is InChI=1S/C11H22O/c1-9(2)7-8-10-5-4-6-11(10)12-3/h9-11H,4-8H2,1-3H3. The van der Waals surface area contributed by atoms with Gasteiger partial charge in [-0.25, -0.2) is 0 Å². The lowest BCUT2D eigenvalue weighted by Gasteiger charge is -2.18. The molecule has 1 saturated carbocycles. The van der Waals surface area contributed by atoms with Crippen molar-refractivity contribution < 1.29 is 4.74 Å². The van der Waals surface area contributed by atoms with Crippen LogP contribution in [-0.2, 0) is 4.74 Å². The maximum absolute atomic E-state index is 5.46. The Bertz CT molecular complexity index is 120. The summed E-state index contributed by atoms with van der Waals surface area (Å²) in [7, 11) is 1.86. The van der Waals surface area contributed by atoms with E-state index in [1.54, 1.807) is 0 Å². The van der Waals surface area contributed by atoms with Crippen LogP contribution >= 0.6 is 0 Å². The van der Waals surface area contributed by atoms with Crippen molar-refractivity contribution in [3.05, 3.63) is 0 Å². The summed E-state index contributed by atoms with van der Waals surface area (Å²) in [5.74, 6) is 1.71. The zero-order chi connectivity index (χ0) is 8.97. The SMILES string of the molecule is COC1CCCC1CCC(C)C. The number of rotatable bonds is 4. The molecule has 1 aliphatic carbocycles. The maximum Gasteiger partial charge on any atom is 0.0599 e. The van der Waals surface area contributed by atoms with Crippen LogP contribution < -0.4 is 0 Å². The molecule has 0 aromatic rings. The molecule has 0 amide bonds. The first kappa shape index (κ1) is 10.0. The fourth-order valence-corrected chi connectivity index (χ4v) is 2.19. The Hall–Kier alpha value is -0.0400. The quantitative estimate of drug-likeness (QED) is 0.629. The van der Waals surface area contributed by atoms with Crippen molar-refractivity contribution in [2.24, 2.45) is 11.8 Å². The van der Waals surface area contributed by atoms with Gasteiger partial charge in [0.05, 0.1) is 6.10 Å². The third kappa shape index (κ3) is 2.78. The first-order chi connectivity index (χ1) is 5.74. The van der Waals surface area contributed by atoms with Gasteiger partial charge in [-0.1, -0.05) is 26.7 Å². The highest BCUT2D eigenvalue weighted by Gasteiger charge is 2.26. The molecule has 0 radical (unpaired) electrons. The third-order valence-corrected chi connectivity index (χ3v) is 3.01. The second kappa shape index (κ2) is 4.86. The van der Waals surface area contributed by atoms with E-state index >= 15 is 0 Å². The second-order valence-corrected chi connectivity index (χ2v) is 4.44. The number of hydrogen-bond donors (Lipinski definition) is 0. The van der Waals surface area contributed by atoms with E-state index in [1.165, 1.54) is 32.1 Å². The van der Waals surface area contributed by atoms with Gasteiger partial charge in [0.1, 0.15) is 0 Å². The largest absolute Gasteiger partial charge is 0.381 e. The van der Waals surface area contributed by atoms with Gasteiger partial charge >= 0.3 is 0 Å². The Morgan fingerprint density at radius 1 is 1.33 bits per heavy atom. The van der Waals surface area contributed by atoms with E-state index in [-0.39, 0.29) is 0 Å². The predicted octanol–water partition coefficient (Wildman–Crippen LogP) is 3.24. The molecule has 1 heteroatoms. The maximum atomic E-state index is 5.46. The normalized spacial score (nSPS) is 30.0. The zero-order valence-corrected chi connectivity index (χ0v) is 8.68. The minimum atomic E-state index is 0.573. The summed E-state index contributed by atoms with van der Waals surface area (Å²) in [5.41, 5.74) is 0. The Kier molecular flexibility index (Phi) is 4.07. The van der Waals surface area contributed by atoms with E-state index in [2.05, 4.69) is 13.8 Å². The Morgan fingerprint density at radius 2 is 2.08 bits per heavy atom. The van der Waals surface area contributed by atoms with Gasteiger partial charge < -0.3 is 4.74 Å². The zero-order valence-electron chi connectivity index (χ0n) is 8.68. The van der Waals surface area contributed by atoms with Crippen molar-refractivity contribution in [3.63, 3.8) is 0 Å². The van der Waals surface area contributed by atoms with E-state index in [1.807, 2.05) is 7.11 Å². The Morgan fingerprint density at radius 3 is 2.67 bits per heavy atom. The summed E-state index contributed by atoms with van der Waals surface area (Å²) in [6, 6.07) is 0. The van der Waals surface area contributed by atoms with E-state index in [9.17, 15) is 0 Å². The minimum absolute atomic E-state index is 0.573. The molecule has 1 fully saturated rings. The van der Waals surface area contributed by atoms with E-state index in [0.29, 0.717) is 6.10 Å². The Balaban J connectivity index is 2.21. The highest BCUT2D eigenvalue weighted by Crippen LogP contribution is 2.32. The summed E-state index contributed by atoms with van der Waals surface area (Å²) in [6.45, 7) is 4.60. The van der Waals surface area contributed by atoms with E-state index in [4.69, 9.17) is 4.74 Å². The Labute approximate surface area is 76.5 Å². The van der Waals surface area contributed by atoms with Gasteiger partial charge in [-0.3, -0.25) is 0 Å². The molecule has 0 N–H and O–H groups in total. The lowest BCUT2D eigenvalue weighted by Crippen LogP contribution is -2.16. The van der Waals surface area contributed by atoms with E-state index in [0.717, 1.165) is 11.8 Å². The van der Waals surface area contributed by atoms with Crippen LogP contribution in [0.3, 0.4) is 0 Å². The van der Waals surface area contributed by atoms with Crippen LogP contribution in [0.5, 0.6) is 0 Å². The molecule has 0 heterocycles. The molecule has 0 saturated heterocycles. The summed E-state index contributed by atoms with van der Waals surface area (Å²) in [5, 5.41) is 0. The smallest absolute Gasteiger partial charge is 0.0599 e. The molecular weight excluding hydrogens is 148 g/mol. The highest BCUT2D eigenvalue weighted by molar-refractivity contribution is 4.77. The molecule has 2 atom stereocenters. The van der Waals surface area contributed by atoms with Gasteiger partial charge in [-0.15, -0.1) is 0 Å². The van der Waals surface area contributed by atoms with Gasteiger partial charge in [0.15, 0.2) is 0 Å². The van der Waals surface area contributed by atoms with Crippen molar-refractivity contribution in [2.45, 2.75) is 52.1 Å². The number of ether oxygens (including phenoxy) is 1. The van der Waals surface area contributed by atoms with Crippen molar-refractivity contribution in [1.82, 2.24) is 0 Å². The summed E-state index contributed by atoms with van der Waals surface area (Å²) >= 11 is 0. The topological polar surface area (TPSA) is 9.23 Å². The van der Waals surface area contributed by atoms with Crippen LogP contribution in [0.1, 0.15) is 46.0 Å². The van der Waals surface area contributed by atoms with Crippen molar-refractivity contribution in [1.29, 1.82) is 0 Å². The average Bonchev–Trinajstić information content (AvgIpc) is 2.47. The number of hydrogen-bond acceptors (Lipinski definition) is 1. The van der Waals surface area contributed by atoms with Gasteiger partial charge in [-0.2, -0.15) is 0 Å². The van der Waals surface area contributed by atoms with Crippen molar-refractivity contribution >= 4 is 0 Å². The lowest BCUT2D eigenvalue weighted by atomic mass is 9.95. The molecule has 0 spiro atoms. The molecule has 1 nitrogen and oxygen atoms in total. The lowest BCUT2D eigenvalue weighted by molar-refractivity contribution is 0.0661. The highest BCUT2D eigenvalue weighted by atomic mass is 16.5. The second-order valence-electron chi connectivity index (χ2n) is 4.44. The van der Waals surface area contributed by atoms with Crippen molar-refractivity contribution in [2.75, 3.05) is 7.11 Å². The van der Waals surface area contributed by atoms with Gasteiger partial charge in [0, 0.05) is 7.11 Å². The van der Waals surface area contributed by atoms with Crippen LogP contribution in [0.2, 0.25) is 0 Å². The molecule has 1 rings (SSSR count). The van der Waals surface area contributed by atoms with Crippen LogP contribution in [0.25, 0.3) is 0 Å². The molecule has 72 valence electrons. The number of methoxy groups -OCH3 is 1.